The molecular formula is C22H27FN4O. The van der Waals surface area contributed by atoms with E-state index < -0.39 is 5.92 Å². The lowest BCUT2D eigenvalue weighted by atomic mass is 9.81. The molecule has 0 radical (unpaired) electrons. The molecule has 3 aliphatic rings. The first-order valence-corrected chi connectivity index (χ1v) is 10.0. The van der Waals surface area contributed by atoms with Gasteiger partial charge < -0.3 is 15.8 Å². The summed E-state index contributed by atoms with van der Waals surface area (Å²) in [6.07, 6.45) is 7.29. The smallest absolute Gasteiger partial charge is 0.127 e. The molecule has 4 unspecified atom stereocenters. The number of nitrogens with zero attached hydrogens (tertiary/aromatic N) is 2. The van der Waals surface area contributed by atoms with E-state index in [0.29, 0.717) is 12.3 Å². The van der Waals surface area contributed by atoms with E-state index in [1.165, 1.54) is 0 Å². The summed E-state index contributed by atoms with van der Waals surface area (Å²) in [5.74, 6) is 0.166. The van der Waals surface area contributed by atoms with Gasteiger partial charge in [-0.1, -0.05) is 31.2 Å². The minimum Gasteiger partial charge on any atom is -0.488 e. The average Bonchev–Trinajstić information content (AvgIpc) is 2.70. The van der Waals surface area contributed by atoms with E-state index >= 15 is 4.39 Å². The largest absolute Gasteiger partial charge is 0.488 e. The lowest BCUT2D eigenvalue weighted by molar-refractivity contribution is 0.166. The zero-order valence-corrected chi connectivity index (χ0v) is 16.1. The Balaban J connectivity index is 1.57. The van der Waals surface area contributed by atoms with E-state index in [0.717, 1.165) is 42.8 Å². The summed E-state index contributed by atoms with van der Waals surface area (Å²) < 4.78 is 21.4. The van der Waals surface area contributed by atoms with Crippen LogP contribution in [0.2, 0.25) is 0 Å². The summed E-state index contributed by atoms with van der Waals surface area (Å²) in [6.45, 7) is 4.30. The van der Waals surface area contributed by atoms with Crippen LogP contribution in [0.4, 0.5) is 4.39 Å². The summed E-state index contributed by atoms with van der Waals surface area (Å²) >= 11 is 0. The maximum Gasteiger partial charge on any atom is 0.127 e. The third kappa shape index (κ3) is 4.08. The van der Waals surface area contributed by atoms with Crippen LogP contribution in [-0.4, -0.2) is 43.8 Å². The van der Waals surface area contributed by atoms with Crippen molar-refractivity contribution in [2.45, 2.75) is 32.0 Å². The van der Waals surface area contributed by atoms with Crippen molar-refractivity contribution < 1.29 is 9.13 Å². The Morgan fingerprint density at radius 2 is 2.14 bits per heavy atom. The molecule has 0 bridgehead atoms. The SMILES string of the molecule is CC1C=C(c2ccccc2OC2CCCNC2)C=C(F)C1C1=NCC(N)N=C1. The number of piperidine rings is 1. The van der Waals surface area contributed by atoms with Crippen molar-refractivity contribution in [3.63, 3.8) is 0 Å². The standard InChI is InChI=1S/C22H27FN4O/c1-14-9-15(10-18(23)22(14)19-12-27-21(24)13-26-19)17-6-2-3-7-20(17)28-16-5-4-8-25-11-16/h2-3,6-7,9-10,12,14,16,21-22,25H,4-5,8,11,13,24H2,1H3. The number of ether oxygens (including phenoxy) is 1. The van der Waals surface area contributed by atoms with Crippen LogP contribution in [-0.2, 0) is 0 Å². The van der Waals surface area contributed by atoms with Gasteiger partial charge in [-0.25, -0.2) is 4.39 Å². The Bertz CT molecular complexity index is 839. The first kappa shape index (κ1) is 19.0. The van der Waals surface area contributed by atoms with E-state index in [4.69, 9.17) is 10.5 Å². The first-order valence-electron chi connectivity index (χ1n) is 10.0. The Kier molecular flexibility index (Phi) is 5.69. The number of para-hydroxylation sites is 1. The molecule has 4 rings (SSSR count). The van der Waals surface area contributed by atoms with Crippen molar-refractivity contribution in [1.29, 1.82) is 0 Å². The van der Waals surface area contributed by atoms with Gasteiger partial charge in [0.05, 0.1) is 18.2 Å². The predicted molar refractivity (Wildman–Crippen MR) is 112 cm³/mol. The molecule has 28 heavy (non-hydrogen) atoms. The molecule has 5 nitrogen and oxygen atoms in total. The topological polar surface area (TPSA) is 72.0 Å². The van der Waals surface area contributed by atoms with Crippen LogP contribution in [0.25, 0.3) is 5.57 Å². The number of allylic oxidation sites excluding steroid dienone is 4. The molecule has 3 N–H and O–H groups in total. The van der Waals surface area contributed by atoms with E-state index in [1.807, 2.05) is 31.2 Å². The number of benzene rings is 1. The summed E-state index contributed by atoms with van der Waals surface area (Å²) in [7, 11) is 0. The van der Waals surface area contributed by atoms with Crippen molar-refractivity contribution in [1.82, 2.24) is 5.32 Å². The summed E-state index contributed by atoms with van der Waals surface area (Å²) in [5.41, 5.74) is 8.18. The number of hydrogen-bond acceptors (Lipinski definition) is 5. The maximum atomic E-state index is 15.1. The van der Waals surface area contributed by atoms with Crippen molar-refractivity contribution in [2.24, 2.45) is 27.6 Å². The van der Waals surface area contributed by atoms with Gasteiger partial charge in [-0.05, 0) is 43.0 Å². The third-order valence-corrected chi connectivity index (χ3v) is 5.48. The van der Waals surface area contributed by atoms with Gasteiger partial charge in [0.2, 0.25) is 0 Å². The van der Waals surface area contributed by atoms with Crippen LogP contribution in [0.15, 0.2) is 52.2 Å². The maximum absolute atomic E-state index is 15.1. The molecule has 2 heterocycles. The molecule has 4 atom stereocenters. The highest BCUT2D eigenvalue weighted by molar-refractivity contribution is 6.32. The van der Waals surface area contributed by atoms with Crippen molar-refractivity contribution in [2.75, 3.05) is 19.6 Å². The third-order valence-electron chi connectivity index (χ3n) is 5.48. The second kappa shape index (κ2) is 8.37. The molecule has 1 aromatic carbocycles. The molecular weight excluding hydrogens is 355 g/mol. The lowest BCUT2D eigenvalue weighted by Gasteiger charge is -2.28. The minimum atomic E-state index is -0.407. The van der Waals surface area contributed by atoms with E-state index in [-0.39, 0.29) is 24.0 Å². The summed E-state index contributed by atoms with van der Waals surface area (Å²) in [4.78, 5) is 8.62. The predicted octanol–water partition coefficient (Wildman–Crippen LogP) is 3.13. The number of halogens is 1. The Morgan fingerprint density at radius 3 is 2.86 bits per heavy atom. The lowest BCUT2D eigenvalue weighted by Crippen LogP contribution is -2.37. The Morgan fingerprint density at radius 1 is 1.29 bits per heavy atom. The highest BCUT2D eigenvalue weighted by Crippen LogP contribution is 2.38. The monoisotopic (exact) mass is 382 g/mol. The van der Waals surface area contributed by atoms with Gasteiger partial charge in [-0.3, -0.25) is 9.98 Å². The second-order valence-electron chi connectivity index (χ2n) is 7.68. The minimum absolute atomic E-state index is 0.0380. The van der Waals surface area contributed by atoms with Gasteiger partial charge in [0.15, 0.2) is 0 Å². The quantitative estimate of drug-likeness (QED) is 0.840. The highest BCUT2D eigenvalue weighted by atomic mass is 19.1. The Labute approximate surface area is 165 Å². The normalized spacial score (nSPS) is 30.3. The molecule has 0 amide bonds. The van der Waals surface area contributed by atoms with E-state index in [2.05, 4.69) is 21.4 Å². The van der Waals surface area contributed by atoms with E-state index in [9.17, 15) is 0 Å². The number of aliphatic imine (C=N–C) groups is 2. The van der Waals surface area contributed by atoms with E-state index in [1.54, 1.807) is 12.3 Å². The van der Waals surface area contributed by atoms with Gasteiger partial charge in [0.1, 0.15) is 23.8 Å². The van der Waals surface area contributed by atoms with Crippen molar-refractivity contribution in [3.8, 4) is 5.75 Å². The van der Waals surface area contributed by atoms with Gasteiger partial charge in [-0.15, -0.1) is 0 Å². The van der Waals surface area contributed by atoms with Gasteiger partial charge in [0.25, 0.3) is 0 Å². The van der Waals surface area contributed by atoms with Crippen molar-refractivity contribution >= 4 is 17.5 Å². The molecule has 0 spiro atoms. The fourth-order valence-corrected chi connectivity index (χ4v) is 4.04. The fraction of sp³-hybridized carbons (Fsp3) is 0.455. The molecule has 1 fully saturated rings. The van der Waals surface area contributed by atoms with Crippen molar-refractivity contribution in [3.05, 3.63) is 47.8 Å². The molecule has 0 saturated carbocycles. The molecule has 2 aliphatic heterocycles. The fourth-order valence-electron chi connectivity index (χ4n) is 4.04. The number of nitrogens with one attached hydrogen (secondary N) is 1. The summed E-state index contributed by atoms with van der Waals surface area (Å²) in [5, 5.41) is 3.37. The van der Waals surface area contributed by atoms with Crippen LogP contribution in [0, 0.1) is 11.8 Å². The average molecular weight is 382 g/mol. The highest BCUT2D eigenvalue weighted by Gasteiger charge is 2.31. The number of hydrogen-bond donors (Lipinski definition) is 2. The van der Waals surface area contributed by atoms with Gasteiger partial charge in [-0.2, -0.15) is 0 Å². The second-order valence-corrected chi connectivity index (χ2v) is 7.68. The zero-order valence-electron chi connectivity index (χ0n) is 16.1. The van der Waals surface area contributed by atoms with Gasteiger partial charge in [0, 0.05) is 18.3 Å². The van der Waals surface area contributed by atoms with Crippen LogP contribution in [0.5, 0.6) is 5.75 Å². The first-order chi connectivity index (χ1) is 13.6. The number of rotatable bonds is 4. The van der Waals surface area contributed by atoms with Gasteiger partial charge >= 0.3 is 0 Å². The van der Waals surface area contributed by atoms with Crippen LogP contribution < -0.4 is 15.8 Å². The van der Waals surface area contributed by atoms with Crippen LogP contribution >= 0.6 is 0 Å². The Hall–Kier alpha value is -2.31. The molecule has 0 aromatic heterocycles. The molecule has 1 saturated heterocycles. The molecule has 148 valence electrons. The van der Waals surface area contributed by atoms with Crippen LogP contribution in [0.3, 0.4) is 0 Å². The summed E-state index contributed by atoms with van der Waals surface area (Å²) in [6, 6.07) is 7.88. The molecule has 1 aliphatic carbocycles. The molecule has 1 aromatic rings. The van der Waals surface area contributed by atoms with Crippen LogP contribution in [0.1, 0.15) is 25.3 Å². The number of nitrogens with two attached hydrogens (primary N) is 1. The molecule has 6 heteroatoms. The zero-order chi connectivity index (χ0) is 19.5.